The number of ketones is 1. The molecule has 1 heterocycles. The average Bonchev–Trinajstić information content (AvgIpc) is 2.72. The summed E-state index contributed by atoms with van der Waals surface area (Å²) in [6, 6.07) is 5.59. The minimum Gasteiger partial charge on any atom is -0.497 e. The number of hydrogen-bond acceptors (Lipinski definition) is 6. The lowest BCUT2D eigenvalue weighted by atomic mass is 9.82. The van der Waals surface area contributed by atoms with Crippen LogP contribution in [0.25, 0.3) is 0 Å². The van der Waals surface area contributed by atoms with E-state index in [1.54, 1.807) is 14.2 Å². The van der Waals surface area contributed by atoms with Crippen LogP contribution >= 0.6 is 0 Å². The molecule has 0 aliphatic heterocycles. The molecule has 0 saturated carbocycles. The van der Waals surface area contributed by atoms with E-state index in [0.717, 1.165) is 12.0 Å². The highest BCUT2D eigenvalue weighted by molar-refractivity contribution is 5.99. The second kappa shape index (κ2) is 8.37. The Bertz CT molecular complexity index is 897. The van der Waals surface area contributed by atoms with Crippen molar-refractivity contribution in [3.05, 3.63) is 41.2 Å². The quantitative estimate of drug-likeness (QED) is 0.822. The number of amides is 1. The van der Waals surface area contributed by atoms with Gasteiger partial charge in [0.1, 0.15) is 11.5 Å². The molecule has 28 heavy (non-hydrogen) atoms. The Morgan fingerprint density at radius 3 is 2.75 bits per heavy atom. The van der Waals surface area contributed by atoms with E-state index >= 15 is 0 Å². The fourth-order valence-electron chi connectivity index (χ4n) is 3.30. The van der Waals surface area contributed by atoms with E-state index in [0.29, 0.717) is 35.6 Å². The number of fused-ring (bicyclic) bond motifs is 1. The molecule has 0 unspecified atom stereocenters. The Morgan fingerprint density at radius 1 is 1.29 bits per heavy atom. The second-order valence-corrected chi connectivity index (χ2v) is 6.99. The van der Waals surface area contributed by atoms with Crippen molar-refractivity contribution >= 4 is 17.6 Å². The monoisotopic (exact) mass is 383 g/mol. The van der Waals surface area contributed by atoms with E-state index in [9.17, 15) is 9.59 Å². The van der Waals surface area contributed by atoms with Gasteiger partial charge >= 0.3 is 0 Å². The third-order valence-electron chi connectivity index (χ3n) is 5.22. The second-order valence-electron chi connectivity index (χ2n) is 6.99. The Balaban J connectivity index is 1.88. The van der Waals surface area contributed by atoms with Gasteiger partial charge in [0.15, 0.2) is 5.78 Å². The van der Waals surface area contributed by atoms with Gasteiger partial charge in [-0.3, -0.25) is 14.9 Å². The predicted octanol–water partition coefficient (Wildman–Crippen LogP) is 3.39. The summed E-state index contributed by atoms with van der Waals surface area (Å²) >= 11 is 0. The summed E-state index contributed by atoms with van der Waals surface area (Å²) in [5, 5.41) is 2.74. The van der Waals surface area contributed by atoms with Crippen molar-refractivity contribution in [3.63, 3.8) is 0 Å². The molecule has 1 aromatic carbocycles. The van der Waals surface area contributed by atoms with Crippen molar-refractivity contribution in [2.24, 2.45) is 5.92 Å². The molecule has 1 N–H and O–H groups in total. The first-order valence-electron chi connectivity index (χ1n) is 9.38. The molecule has 2 atom stereocenters. The van der Waals surface area contributed by atoms with Crippen LogP contribution in [0.5, 0.6) is 11.5 Å². The van der Waals surface area contributed by atoms with Gasteiger partial charge in [0.25, 0.3) is 0 Å². The van der Waals surface area contributed by atoms with Crippen LogP contribution in [0.1, 0.15) is 54.2 Å². The molecular formula is C21H25N3O4. The lowest BCUT2D eigenvalue weighted by Crippen LogP contribution is -2.24. The number of nitrogens with one attached hydrogen (secondary N) is 1. The summed E-state index contributed by atoms with van der Waals surface area (Å²) < 4.78 is 10.7. The van der Waals surface area contributed by atoms with Crippen molar-refractivity contribution in [2.75, 3.05) is 19.5 Å². The lowest BCUT2D eigenvalue weighted by Gasteiger charge is -2.25. The normalized spacial score (nSPS) is 16.9. The Kier molecular flexibility index (Phi) is 5.92. The summed E-state index contributed by atoms with van der Waals surface area (Å²) in [5.41, 5.74) is 2.10. The summed E-state index contributed by atoms with van der Waals surface area (Å²) in [6.45, 7) is 3.80. The predicted molar refractivity (Wildman–Crippen MR) is 105 cm³/mol. The number of nitrogens with zero attached hydrogens (tertiary/aromatic N) is 2. The van der Waals surface area contributed by atoms with Gasteiger partial charge in [-0.25, -0.2) is 9.97 Å². The van der Waals surface area contributed by atoms with Gasteiger partial charge in [0.05, 0.1) is 25.5 Å². The van der Waals surface area contributed by atoms with Crippen LogP contribution in [-0.2, 0) is 11.2 Å². The summed E-state index contributed by atoms with van der Waals surface area (Å²) in [5.74, 6) is 1.29. The Labute approximate surface area is 164 Å². The molecule has 0 radical (unpaired) electrons. The molecule has 2 aromatic rings. The number of anilines is 1. The highest BCUT2D eigenvalue weighted by Gasteiger charge is 2.30. The number of Topliss-reactive ketones (excluding diaryl/α,β-unsaturated/α-hetero) is 1. The van der Waals surface area contributed by atoms with E-state index in [4.69, 9.17) is 9.47 Å². The van der Waals surface area contributed by atoms with E-state index in [2.05, 4.69) is 15.3 Å². The van der Waals surface area contributed by atoms with Gasteiger partial charge < -0.3 is 9.47 Å². The highest BCUT2D eigenvalue weighted by Crippen LogP contribution is 2.38. The van der Waals surface area contributed by atoms with Crippen molar-refractivity contribution in [3.8, 4) is 11.5 Å². The number of ether oxygens (including phenoxy) is 2. The number of rotatable bonds is 6. The van der Waals surface area contributed by atoms with E-state index < -0.39 is 0 Å². The zero-order chi connectivity index (χ0) is 20.3. The number of carbonyl (C=O) groups is 2. The van der Waals surface area contributed by atoms with Crippen LogP contribution in [0.2, 0.25) is 0 Å². The van der Waals surface area contributed by atoms with Crippen LogP contribution in [0.15, 0.2) is 24.4 Å². The van der Waals surface area contributed by atoms with Crippen molar-refractivity contribution in [1.29, 1.82) is 0 Å². The lowest BCUT2D eigenvalue weighted by molar-refractivity contribution is -0.119. The zero-order valence-electron chi connectivity index (χ0n) is 16.6. The van der Waals surface area contributed by atoms with Gasteiger partial charge in [0, 0.05) is 30.5 Å². The van der Waals surface area contributed by atoms with Gasteiger partial charge in [-0.2, -0.15) is 0 Å². The fraction of sp³-hybridized carbons (Fsp3) is 0.429. The molecule has 3 rings (SSSR count). The van der Waals surface area contributed by atoms with Crippen LogP contribution in [0.4, 0.5) is 5.95 Å². The first-order valence-corrected chi connectivity index (χ1v) is 9.38. The third-order valence-corrected chi connectivity index (χ3v) is 5.22. The third kappa shape index (κ3) is 3.98. The maximum Gasteiger partial charge on any atom is 0.229 e. The van der Waals surface area contributed by atoms with Gasteiger partial charge in [-0.15, -0.1) is 0 Å². The molecule has 0 fully saturated rings. The topological polar surface area (TPSA) is 90.4 Å². The van der Waals surface area contributed by atoms with Gasteiger partial charge in [0.2, 0.25) is 11.9 Å². The standard InChI is InChI=1S/C21H25N3O4/c1-5-12(2)20(26)24-21-22-11-16-17(23-21)8-13(9-18(16)25)15-7-6-14(27-3)10-19(15)28-4/h6-7,10-13H,5,8-9H2,1-4H3,(H,22,23,24,26)/t12-,13+/m0/s1. The van der Waals surface area contributed by atoms with Crippen LogP contribution in [-0.4, -0.2) is 35.9 Å². The minimum absolute atomic E-state index is 0.0103. The van der Waals surface area contributed by atoms with Gasteiger partial charge in [-0.1, -0.05) is 19.9 Å². The van der Waals surface area contributed by atoms with Crippen molar-refractivity contribution < 1.29 is 19.1 Å². The Morgan fingerprint density at radius 2 is 2.07 bits per heavy atom. The van der Waals surface area contributed by atoms with E-state index in [1.807, 2.05) is 32.0 Å². The fourth-order valence-corrected chi connectivity index (χ4v) is 3.30. The highest BCUT2D eigenvalue weighted by atomic mass is 16.5. The minimum atomic E-state index is -0.127. The first-order chi connectivity index (χ1) is 13.5. The maximum atomic E-state index is 12.6. The van der Waals surface area contributed by atoms with Crippen LogP contribution in [0.3, 0.4) is 0 Å². The molecule has 0 spiro atoms. The zero-order valence-corrected chi connectivity index (χ0v) is 16.6. The molecule has 1 aromatic heterocycles. The molecule has 0 saturated heterocycles. The summed E-state index contributed by atoms with van der Waals surface area (Å²) in [4.78, 5) is 33.4. The first kappa shape index (κ1) is 19.8. The number of benzene rings is 1. The SMILES string of the molecule is CC[C@H](C)C(=O)Nc1ncc2c(n1)C[C@@H](c1ccc(OC)cc1OC)CC2=O. The number of methoxy groups -OCH3 is 2. The molecule has 1 aliphatic carbocycles. The van der Waals surface area contributed by atoms with Crippen molar-refractivity contribution in [1.82, 2.24) is 9.97 Å². The number of carbonyl (C=O) groups excluding carboxylic acids is 2. The van der Waals surface area contributed by atoms with Crippen molar-refractivity contribution in [2.45, 2.75) is 39.0 Å². The molecule has 7 nitrogen and oxygen atoms in total. The average molecular weight is 383 g/mol. The molecule has 148 valence electrons. The maximum absolute atomic E-state index is 12.6. The van der Waals surface area contributed by atoms with Crippen LogP contribution in [0, 0.1) is 5.92 Å². The van der Waals surface area contributed by atoms with E-state index in [1.165, 1.54) is 6.20 Å². The molecule has 7 heteroatoms. The van der Waals surface area contributed by atoms with Crippen LogP contribution < -0.4 is 14.8 Å². The molecule has 0 bridgehead atoms. The smallest absolute Gasteiger partial charge is 0.229 e. The molecular weight excluding hydrogens is 358 g/mol. The van der Waals surface area contributed by atoms with E-state index in [-0.39, 0.29) is 29.5 Å². The molecule has 1 aliphatic rings. The van der Waals surface area contributed by atoms with Gasteiger partial charge in [-0.05, 0) is 24.5 Å². The number of aromatic nitrogens is 2. The Hall–Kier alpha value is -2.96. The largest absolute Gasteiger partial charge is 0.497 e. The summed E-state index contributed by atoms with van der Waals surface area (Å²) in [7, 11) is 3.20. The molecule has 1 amide bonds. The summed E-state index contributed by atoms with van der Waals surface area (Å²) in [6.07, 6.45) is 3.17. The number of hydrogen-bond donors (Lipinski definition) is 1.